The topological polar surface area (TPSA) is 51.2 Å². The molecular formula is C13H22N2O. The van der Waals surface area contributed by atoms with Gasteiger partial charge in [-0.2, -0.15) is 0 Å². The zero-order chi connectivity index (χ0) is 11.6. The van der Waals surface area contributed by atoms with Gasteiger partial charge in [0, 0.05) is 12.6 Å². The molecule has 3 heteroatoms. The van der Waals surface area contributed by atoms with Gasteiger partial charge in [0.1, 0.15) is 5.76 Å². The number of nitrogens with one attached hydrogen (secondary N) is 1. The van der Waals surface area contributed by atoms with Gasteiger partial charge in [0.2, 0.25) is 0 Å². The third-order valence-corrected chi connectivity index (χ3v) is 3.53. The lowest BCUT2D eigenvalue weighted by molar-refractivity contribution is 0.337. The fraction of sp³-hybridized carbons (Fsp3) is 0.692. The summed E-state index contributed by atoms with van der Waals surface area (Å²) in [5.41, 5.74) is 6.26. The standard InChI is InChI=1S/C13H22N2O/c1-13(2)6-5-10(8-13)15-11(9-14)12-4-3-7-16-12/h3-4,7,10-11,15H,5-6,8-9,14H2,1-2H3. The Morgan fingerprint density at radius 2 is 2.44 bits per heavy atom. The van der Waals surface area contributed by atoms with Crippen LogP contribution in [0.1, 0.15) is 44.9 Å². The van der Waals surface area contributed by atoms with Crippen LogP contribution in [0.2, 0.25) is 0 Å². The Morgan fingerprint density at radius 3 is 2.94 bits per heavy atom. The van der Waals surface area contributed by atoms with Gasteiger partial charge in [-0.3, -0.25) is 0 Å². The van der Waals surface area contributed by atoms with E-state index in [9.17, 15) is 0 Å². The minimum Gasteiger partial charge on any atom is -0.468 e. The SMILES string of the molecule is CC1(C)CCC(NC(CN)c2ccco2)C1. The molecule has 1 heterocycles. The van der Waals surface area contributed by atoms with Crippen molar-refractivity contribution >= 4 is 0 Å². The molecule has 2 rings (SSSR count). The fourth-order valence-corrected chi connectivity index (χ4v) is 2.62. The molecule has 16 heavy (non-hydrogen) atoms. The molecule has 1 aromatic heterocycles. The van der Waals surface area contributed by atoms with Crippen molar-refractivity contribution in [2.45, 2.75) is 45.2 Å². The molecule has 0 spiro atoms. The maximum absolute atomic E-state index is 5.79. The molecule has 0 bridgehead atoms. The van der Waals surface area contributed by atoms with Crippen LogP contribution in [0.3, 0.4) is 0 Å². The number of rotatable bonds is 4. The molecule has 90 valence electrons. The second-order valence-corrected chi connectivity index (χ2v) is 5.57. The van der Waals surface area contributed by atoms with Gasteiger partial charge in [0.05, 0.1) is 12.3 Å². The van der Waals surface area contributed by atoms with Gasteiger partial charge in [-0.25, -0.2) is 0 Å². The maximum atomic E-state index is 5.79. The van der Waals surface area contributed by atoms with E-state index in [0.29, 0.717) is 18.0 Å². The molecule has 1 saturated carbocycles. The monoisotopic (exact) mass is 222 g/mol. The summed E-state index contributed by atoms with van der Waals surface area (Å²) >= 11 is 0. The minimum atomic E-state index is 0.161. The lowest BCUT2D eigenvalue weighted by Crippen LogP contribution is -2.35. The summed E-state index contributed by atoms with van der Waals surface area (Å²) in [5.74, 6) is 0.951. The zero-order valence-corrected chi connectivity index (χ0v) is 10.2. The van der Waals surface area contributed by atoms with Crippen LogP contribution < -0.4 is 11.1 Å². The van der Waals surface area contributed by atoms with Crippen molar-refractivity contribution in [2.75, 3.05) is 6.54 Å². The van der Waals surface area contributed by atoms with Crippen molar-refractivity contribution < 1.29 is 4.42 Å². The molecule has 0 aromatic carbocycles. The van der Waals surface area contributed by atoms with Crippen LogP contribution >= 0.6 is 0 Å². The zero-order valence-electron chi connectivity index (χ0n) is 10.2. The molecule has 0 aliphatic heterocycles. The Balaban J connectivity index is 1.93. The van der Waals surface area contributed by atoms with Crippen molar-refractivity contribution in [1.82, 2.24) is 5.32 Å². The van der Waals surface area contributed by atoms with Crippen molar-refractivity contribution in [3.63, 3.8) is 0 Å². The highest BCUT2D eigenvalue weighted by Crippen LogP contribution is 2.37. The van der Waals surface area contributed by atoms with Gasteiger partial charge in [0.25, 0.3) is 0 Å². The molecule has 1 aliphatic rings. The second-order valence-electron chi connectivity index (χ2n) is 5.57. The normalized spacial score (nSPS) is 25.8. The van der Waals surface area contributed by atoms with E-state index >= 15 is 0 Å². The molecule has 0 saturated heterocycles. The van der Waals surface area contributed by atoms with Gasteiger partial charge >= 0.3 is 0 Å². The Bertz CT molecular complexity index is 319. The van der Waals surface area contributed by atoms with E-state index in [4.69, 9.17) is 10.2 Å². The molecule has 1 fully saturated rings. The van der Waals surface area contributed by atoms with Crippen LogP contribution in [0.5, 0.6) is 0 Å². The van der Waals surface area contributed by atoms with Crippen molar-refractivity contribution in [2.24, 2.45) is 11.1 Å². The molecule has 0 radical (unpaired) electrons. The van der Waals surface area contributed by atoms with Crippen LogP contribution in [-0.2, 0) is 0 Å². The van der Waals surface area contributed by atoms with Crippen LogP contribution in [-0.4, -0.2) is 12.6 Å². The van der Waals surface area contributed by atoms with E-state index in [1.165, 1.54) is 19.3 Å². The lowest BCUT2D eigenvalue weighted by atomic mass is 9.92. The van der Waals surface area contributed by atoms with E-state index in [1.807, 2.05) is 12.1 Å². The average molecular weight is 222 g/mol. The van der Waals surface area contributed by atoms with E-state index < -0.39 is 0 Å². The number of furan rings is 1. The molecule has 2 atom stereocenters. The minimum absolute atomic E-state index is 0.161. The molecule has 3 nitrogen and oxygen atoms in total. The van der Waals surface area contributed by atoms with Crippen molar-refractivity contribution in [3.05, 3.63) is 24.2 Å². The summed E-state index contributed by atoms with van der Waals surface area (Å²) in [6, 6.07) is 4.64. The van der Waals surface area contributed by atoms with E-state index in [-0.39, 0.29) is 6.04 Å². The van der Waals surface area contributed by atoms with Crippen molar-refractivity contribution in [3.8, 4) is 0 Å². The van der Waals surface area contributed by atoms with Gasteiger partial charge in [-0.15, -0.1) is 0 Å². The van der Waals surface area contributed by atoms with E-state index in [2.05, 4.69) is 19.2 Å². The number of nitrogens with two attached hydrogens (primary N) is 1. The highest BCUT2D eigenvalue weighted by molar-refractivity contribution is 5.06. The lowest BCUT2D eigenvalue weighted by Gasteiger charge is -2.22. The highest BCUT2D eigenvalue weighted by atomic mass is 16.3. The first-order valence-corrected chi connectivity index (χ1v) is 6.10. The second kappa shape index (κ2) is 4.60. The van der Waals surface area contributed by atoms with Gasteiger partial charge in [-0.05, 0) is 36.8 Å². The molecule has 3 N–H and O–H groups in total. The summed E-state index contributed by atoms with van der Waals surface area (Å²) in [5, 5.41) is 3.60. The Hall–Kier alpha value is -0.800. The number of hydrogen-bond donors (Lipinski definition) is 2. The van der Waals surface area contributed by atoms with Gasteiger partial charge in [0.15, 0.2) is 0 Å². The first-order chi connectivity index (χ1) is 7.61. The Labute approximate surface area is 97.4 Å². The fourth-order valence-electron chi connectivity index (χ4n) is 2.62. The third-order valence-electron chi connectivity index (χ3n) is 3.53. The summed E-state index contributed by atoms with van der Waals surface area (Å²) in [7, 11) is 0. The summed E-state index contributed by atoms with van der Waals surface area (Å²) < 4.78 is 5.41. The highest BCUT2D eigenvalue weighted by Gasteiger charge is 2.32. The van der Waals surface area contributed by atoms with Crippen LogP contribution in [0.15, 0.2) is 22.8 Å². The first-order valence-electron chi connectivity index (χ1n) is 6.10. The van der Waals surface area contributed by atoms with Crippen LogP contribution in [0.25, 0.3) is 0 Å². The molecule has 0 amide bonds. The van der Waals surface area contributed by atoms with Crippen LogP contribution in [0, 0.1) is 5.41 Å². The summed E-state index contributed by atoms with van der Waals surface area (Å²) in [4.78, 5) is 0. The first kappa shape index (κ1) is 11.7. The predicted octanol–water partition coefficient (Wildman–Crippen LogP) is 2.45. The quantitative estimate of drug-likeness (QED) is 0.822. The Kier molecular flexibility index (Phi) is 3.36. The molecule has 1 aromatic rings. The maximum Gasteiger partial charge on any atom is 0.121 e. The predicted molar refractivity (Wildman–Crippen MR) is 65.1 cm³/mol. The third kappa shape index (κ3) is 2.66. The number of hydrogen-bond acceptors (Lipinski definition) is 3. The molecular weight excluding hydrogens is 200 g/mol. The molecule has 2 unspecified atom stereocenters. The Morgan fingerprint density at radius 1 is 1.62 bits per heavy atom. The van der Waals surface area contributed by atoms with E-state index in [1.54, 1.807) is 6.26 Å². The summed E-state index contributed by atoms with van der Waals surface area (Å²) in [6.45, 7) is 5.25. The largest absolute Gasteiger partial charge is 0.468 e. The van der Waals surface area contributed by atoms with Gasteiger partial charge in [-0.1, -0.05) is 13.8 Å². The van der Waals surface area contributed by atoms with E-state index in [0.717, 1.165) is 5.76 Å². The average Bonchev–Trinajstić information content (AvgIpc) is 2.84. The smallest absolute Gasteiger partial charge is 0.121 e. The van der Waals surface area contributed by atoms with Gasteiger partial charge < -0.3 is 15.5 Å². The van der Waals surface area contributed by atoms with Crippen molar-refractivity contribution in [1.29, 1.82) is 0 Å². The summed E-state index contributed by atoms with van der Waals surface area (Å²) in [6.07, 6.45) is 5.47. The van der Waals surface area contributed by atoms with Crippen LogP contribution in [0.4, 0.5) is 0 Å². The molecule has 1 aliphatic carbocycles.